The Hall–Kier alpha value is -0.950. The molecule has 0 saturated carbocycles. The molecule has 1 aromatic heterocycles. The van der Waals surface area contributed by atoms with Gasteiger partial charge in [-0.05, 0) is 31.9 Å². The Morgan fingerprint density at radius 2 is 2.18 bits per heavy atom. The molecule has 1 atom stereocenters. The fourth-order valence-corrected chi connectivity index (χ4v) is 3.67. The number of nitrogens with one attached hydrogen (secondary N) is 1. The van der Waals surface area contributed by atoms with Crippen molar-refractivity contribution in [3.05, 3.63) is 21.4 Å². The van der Waals surface area contributed by atoms with Gasteiger partial charge in [-0.25, -0.2) is 0 Å². The van der Waals surface area contributed by atoms with Gasteiger partial charge in [0, 0.05) is 31.1 Å². The van der Waals surface area contributed by atoms with Crippen molar-refractivity contribution >= 4 is 17.2 Å². The van der Waals surface area contributed by atoms with Crippen molar-refractivity contribution in [2.75, 3.05) is 39.4 Å². The third-order valence-corrected chi connectivity index (χ3v) is 5.01. The molecule has 1 aromatic rings. The Kier molecular flexibility index (Phi) is 5.97. The molecule has 2 rings (SSSR count). The zero-order valence-electron chi connectivity index (χ0n) is 13.6. The number of ether oxygens (including phenoxy) is 1. The Morgan fingerprint density at radius 3 is 2.77 bits per heavy atom. The normalized spacial score (nSPS) is 18.9. The summed E-state index contributed by atoms with van der Waals surface area (Å²) in [5.74, 6) is -0.102. The molecule has 1 aliphatic rings. The molecule has 1 aliphatic heterocycles. The smallest absolute Gasteiger partial charge is 0.261 e. The van der Waals surface area contributed by atoms with Crippen molar-refractivity contribution < 1.29 is 14.6 Å². The van der Waals surface area contributed by atoms with Crippen LogP contribution in [0, 0.1) is 6.92 Å². The van der Waals surface area contributed by atoms with E-state index in [0.717, 1.165) is 24.4 Å². The average molecular weight is 326 g/mol. The number of nitrogens with zero attached hydrogens (tertiary/aromatic N) is 1. The van der Waals surface area contributed by atoms with E-state index in [-0.39, 0.29) is 12.5 Å². The van der Waals surface area contributed by atoms with E-state index in [1.165, 1.54) is 21.8 Å². The molecule has 0 unspecified atom stereocenters. The van der Waals surface area contributed by atoms with Gasteiger partial charge in [-0.15, -0.1) is 11.3 Å². The maximum atomic E-state index is 12.2. The quantitative estimate of drug-likeness (QED) is 0.830. The first-order chi connectivity index (χ1) is 10.4. The number of morpholine rings is 1. The van der Waals surface area contributed by atoms with E-state index in [4.69, 9.17) is 4.74 Å². The zero-order chi connectivity index (χ0) is 16.2. The van der Waals surface area contributed by atoms with Crippen LogP contribution in [0.4, 0.5) is 0 Å². The van der Waals surface area contributed by atoms with Crippen LogP contribution in [0.15, 0.2) is 6.07 Å². The Labute approximate surface area is 136 Å². The number of amides is 1. The average Bonchev–Trinajstić information content (AvgIpc) is 2.86. The first-order valence-electron chi connectivity index (χ1n) is 7.81. The fraction of sp³-hybridized carbons (Fsp3) is 0.688. The minimum atomic E-state index is -0.938. The van der Waals surface area contributed by atoms with E-state index in [0.29, 0.717) is 19.8 Å². The number of hydrogen-bond donors (Lipinski definition) is 2. The second-order valence-corrected chi connectivity index (χ2v) is 7.37. The highest BCUT2D eigenvalue weighted by Crippen LogP contribution is 2.22. The van der Waals surface area contributed by atoms with Crippen molar-refractivity contribution in [2.24, 2.45) is 0 Å². The Morgan fingerprint density at radius 1 is 1.50 bits per heavy atom. The Bertz CT molecular complexity index is 507. The van der Waals surface area contributed by atoms with Crippen molar-refractivity contribution in [3.8, 4) is 0 Å². The lowest BCUT2D eigenvalue weighted by Crippen LogP contribution is -2.51. The summed E-state index contributed by atoms with van der Waals surface area (Å²) in [6.45, 7) is 9.75. The van der Waals surface area contributed by atoms with Crippen molar-refractivity contribution in [2.45, 2.75) is 32.8 Å². The van der Waals surface area contributed by atoms with Gasteiger partial charge in [0.1, 0.15) is 0 Å². The summed E-state index contributed by atoms with van der Waals surface area (Å²) in [5, 5.41) is 13.3. The van der Waals surface area contributed by atoms with E-state index in [9.17, 15) is 9.90 Å². The van der Waals surface area contributed by atoms with Gasteiger partial charge in [0.05, 0.1) is 23.7 Å². The number of carbonyl (C=O) groups excluding carboxylic acids is 1. The van der Waals surface area contributed by atoms with E-state index < -0.39 is 5.60 Å². The standard InChI is InChI=1S/C16H26N2O3S/c1-4-13-9-14(22-12(13)2)15(19)17-10-16(3,20)11-18-5-7-21-8-6-18/h9,20H,4-8,10-11H2,1-3H3,(H,17,19)/t16-/m1/s1. The van der Waals surface area contributed by atoms with Gasteiger partial charge in [0.25, 0.3) is 5.91 Å². The maximum absolute atomic E-state index is 12.2. The van der Waals surface area contributed by atoms with Crippen LogP contribution in [0.1, 0.15) is 34.0 Å². The van der Waals surface area contributed by atoms with E-state index in [1.807, 2.05) is 13.0 Å². The lowest BCUT2D eigenvalue weighted by Gasteiger charge is -2.33. The van der Waals surface area contributed by atoms with Crippen LogP contribution in [0.25, 0.3) is 0 Å². The molecule has 0 bridgehead atoms. The second kappa shape index (κ2) is 7.55. The molecule has 2 N–H and O–H groups in total. The summed E-state index contributed by atoms with van der Waals surface area (Å²) in [7, 11) is 0. The summed E-state index contributed by atoms with van der Waals surface area (Å²) >= 11 is 1.51. The van der Waals surface area contributed by atoms with Gasteiger partial charge in [-0.1, -0.05) is 6.92 Å². The van der Waals surface area contributed by atoms with E-state index >= 15 is 0 Å². The summed E-state index contributed by atoms with van der Waals surface area (Å²) in [6, 6.07) is 1.95. The van der Waals surface area contributed by atoms with Crippen LogP contribution in [-0.2, 0) is 11.2 Å². The lowest BCUT2D eigenvalue weighted by molar-refractivity contribution is -0.0213. The molecule has 5 nitrogen and oxygen atoms in total. The van der Waals surface area contributed by atoms with Crippen LogP contribution in [0.2, 0.25) is 0 Å². The van der Waals surface area contributed by atoms with Gasteiger partial charge in [0.2, 0.25) is 0 Å². The van der Waals surface area contributed by atoms with Crippen molar-refractivity contribution in [3.63, 3.8) is 0 Å². The Balaban J connectivity index is 1.85. The highest BCUT2D eigenvalue weighted by molar-refractivity contribution is 7.14. The summed E-state index contributed by atoms with van der Waals surface area (Å²) in [6.07, 6.45) is 0.935. The van der Waals surface area contributed by atoms with Crippen LogP contribution < -0.4 is 5.32 Å². The number of thiophene rings is 1. The summed E-state index contributed by atoms with van der Waals surface area (Å²) < 4.78 is 5.30. The third kappa shape index (κ3) is 4.78. The largest absolute Gasteiger partial charge is 0.387 e. The van der Waals surface area contributed by atoms with Gasteiger partial charge in [0.15, 0.2) is 0 Å². The highest BCUT2D eigenvalue weighted by Gasteiger charge is 2.26. The number of aliphatic hydroxyl groups is 1. The van der Waals surface area contributed by atoms with Gasteiger partial charge < -0.3 is 15.2 Å². The molecule has 0 aromatic carbocycles. The predicted octanol–water partition coefficient (Wildman–Crippen LogP) is 1.43. The molecule has 6 heteroatoms. The molecule has 0 aliphatic carbocycles. The molecule has 0 spiro atoms. The SMILES string of the molecule is CCc1cc(C(=O)NC[C@@](C)(O)CN2CCOCC2)sc1C. The topological polar surface area (TPSA) is 61.8 Å². The molecule has 22 heavy (non-hydrogen) atoms. The third-order valence-electron chi connectivity index (χ3n) is 3.92. The maximum Gasteiger partial charge on any atom is 0.261 e. The van der Waals surface area contributed by atoms with Crippen molar-refractivity contribution in [1.82, 2.24) is 10.2 Å². The lowest BCUT2D eigenvalue weighted by atomic mass is 10.1. The van der Waals surface area contributed by atoms with Crippen molar-refractivity contribution in [1.29, 1.82) is 0 Å². The fourth-order valence-electron chi connectivity index (χ4n) is 2.64. The predicted molar refractivity (Wildman–Crippen MR) is 88.7 cm³/mol. The van der Waals surface area contributed by atoms with Gasteiger partial charge in [-0.2, -0.15) is 0 Å². The molecule has 0 radical (unpaired) electrons. The van der Waals surface area contributed by atoms with Gasteiger partial charge >= 0.3 is 0 Å². The van der Waals surface area contributed by atoms with Crippen LogP contribution in [0.5, 0.6) is 0 Å². The zero-order valence-corrected chi connectivity index (χ0v) is 14.5. The summed E-state index contributed by atoms with van der Waals surface area (Å²) in [4.78, 5) is 16.3. The highest BCUT2D eigenvalue weighted by atomic mass is 32.1. The second-order valence-electron chi connectivity index (χ2n) is 6.11. The minimum Gasteiger partial charge on any atom is -0.387 e. The monoisotopic (exact) mass is 326 g/mol. The number of aryl methyl sites for hydroxylation is 2. The van der Waals surface area contributed by atoms with E-state index in [2.05, 4.69) is 17.1 Å². The molecular weight excluding hydrogens is 300 g/mol. The minimum absolute atomic E-state index is 0.102. The first-order valence-corrected chi connectivity index (χ1v) is 8.63. The van der Waals surface area contributed by atoms with Gasteiger partial charge in [-0.3, -0.25) is 9.69 Å². The molecular formula is C16H26N2O3S. The van der Waals surface area contributed by atoms with Crippen LogP contribution in [-0.4, -0.2) is 60.9 Å². The first kappa shape index (κ1) is 17.4. The molecule has 1 saturated heterocycles. The van der Waals surface area contributed by atoms with Crippen LogP contribution >= 0.6 is 11.3 Å². The number of β-amino-alcohol motifs (C(OH)–C–C–N with tert-alkyl or cyclic N) is 1. The number of hydrogen-bond acceptors (Lipinski definition) is 5. The number of carbonyl (C=O) groups is 1. The summed E-state index contributed by atoms with van der Waals surface area (Å²) in [5.41, 5.74) is 0.280. The molecule has 1 amide bonds. The molecule has 2 heterocycles. The van der Waals surface area contributed by atoms with E-state index in [1.54, 1.807) is 6.92 Å². The molecule has 124 valence electrons. The number of rotatable bonds is 6. The van der Waals surface area contributed by atoms with Crippen LogP contribution in [0.3, 0.4) is 0 Å². The molecule has 1 fully saturated rings.